The van der Waals surface area contributed by atoms with Gasteiger partial charge in [0.25, 0.3) is 0 Å². The molecule has 0 saturated carbocycles. The van der Waals surface area contributed by atoms with Crippen LogP contribution < -0.4 is 0 Å². The molecule has 2 nitrogen and oxygen atoms in total. The zero-order valence-corrected chi connectivity index (χ0v) is 11.7. The fraction of sp³-hybridized carbons (Fsp3) is 0.0588. The SMILES string of the molecule is C=CC(/C=C/C(=N)c1ccc(F)c(C=N)c1)=C\C=C(/C)F. The van der Waals surface area contributed by atoms with Gasteiger partial charge in [0.1, 0.15) is 5.82 Å². The van der Waals surface area contributed by atoms with Gasteiger partial charge < -0.3 is 10.8 Å². The van der Waals surface area contributed by atoms with Gasteiger partial charge in [-0.3, -0.25) is 0 Å². The minimum absolute atomic E-state index is 0.126. The monoisotopic (exact) mass is 286 g/mol. The molecule has 1 rings (SSSR count). The summed E-state index contributed by atoms with van der Waals surface area (Å²) in [6.45, 7) is 4.94. The maximum atomic E-state index is 13.3. The lowest BCUT2D eigenvalue weighted by atomic mass is 10.1. The average molecular weight is 286 g/mol. The van der Waals surface area contributed by atoms with Crippen molar-refractivity contribution in [3.8, 4) is 0 Å². The van der Waals surface area contributed by atoms with Gasteiger partial charge in [0.2, 0.25) is 0 Å². The van der Waals surface area contributed by atoms with E-state index in [1.165, 1.54) is 43.4 Å². The molecule has 0 aliphatic rings. The molecule has 21 heavy (non-hydrogen) atoms. The van der Waals surface area contributed by atoms with E-state index in [1.54, 1.807) is 12.2 Å². The Balaban J connectivity index is 2.97. The first-order chi connectivity index (χ1) is 9.97. The predicted molar refractivity (Wildman–Crippen MR) is 83.4 cm³/mol. The number of nitrogens with one attached hydrogen (secondary N) is 2. The van der Waals surface area contributed by atoms with Crippen LogP contribution in [0.5, 0.6) is 0 Å². The molecule has 108 valence electrons. The summed E-state index contributed by atoms with van der Waals surface area (Å²) in [5, 5.41) is 15.0. The Hall–Kier alpha value is -2.62. The van der Waals surface area contributed by atoms with E-state index in [0.717, 1.165) is 6.21 Å². The molecule has 0 unspecified atom stereocenters. The predicted octanol–water partition coefficient (Wildman–Crippen LogP) is 4.73. The van der Waals surface area contributed by atoms with Gasteiger partial charge in [-0.1, -0.05) is 24.8 Å². The van der Waals surface area contributed by atoms with Gasteiger partial charge in [0.05, 0.1) is 11.5 Å². The van der Waals surface area contributed by atoms with Gasteiger partial charge in [-0.15, -0.1) is 0 Å². The van der Waals surface area contributed by atoms with E-state index >= 15 is 0 Å². The summed E-state index contributed by atoms with van der Waals surface area (Å²) in [7, 11) is 0. The average Bonchev–Trinajstić information content (AvgIpc) is 2.47. The molecule has 0 heterocycles. The first-order valence-electron chi connectivity index (χ1n) is 6.21. The third kappa shape index (κ3) is 5.10. The van der Waals surface area contributed by atoms with Crippen LogP contribution in [0.25, 0.3) is 0 Å². The van der Waals surface area contributed by atoms with Crippen molar-refractivity contribution in [3.63, 3.8) is 0 Å². The van der Waals surface area contributed by atoms with E-state index in [0.29, 0.717) is 11.1 Å². The molecule has 0 fully saturated rings. The van der Waals surface area contributed by atoms with Crippen LogP contribution in [0.15, 0.2) is 66.6 Å². The quantitative estimate of drug-likeness (QED) is 0.561. The largest absolute Gasteiger partial charge is 0.308 e. The molecule has 0 aromatic heterocycles. The molecule has 2 N–H and O–H groups in total. The Morgan fingerprint density at radius 3 is 2.52 bits per heavy atom. The summed E-state index contributed by atoms with van der Waals surface area (Å²) in [4.78, 5) is 0. The number of rotatable bonds is 6. The van der Waals surface area contributed by atoms with E-state index < -0.39 is 5.82 Å². The van der Waals surface area contributed by atoms with Gasteiger partial charge >= 0.3 is 0 Å². The maximum Gasteiger partial charge on any atom is 0.131 e. The fourth-order valence-electron chi connectivity index (χ4n) is 1.50. The van der Waals surface area contributed by atoms with Crippen molar-refractivity contribution in [1.29, 1.82) is 10.8 Å². The van der Waals surface area contributed by atoms with Gasteiger partial charge in [0, 0.05) is 17.3 Å². The molecular formula is C17H16F2N2. The van der Waals surface area contributed by atoms with Crippen LogP contribution in [0.2, 0.25) is 0 Å². The molecule has 0 amide bonds. The van der Waals surface area contributed by atoms with Crippen molar-refractivity contribution < 1.29 is 8.78 Å². The number of hydrogen-bond donors (Lipinski definition) is 2. The highest BCUT2D eigenvalue weighted by molar-refractivity contribution is 6.07. The van der Waals surface area contributed by atoms with Crippen LogP contribution in [-0.2, 0) is 0 Å². The second-order valence-electron chi connectivity index (χ2n) is 4.25. The minimum Gasteiger partial charge on any atom is -0.308 e. The van der Waals surface area contributed by atoms with Crippen LogP contribution in [0.4, 0.5) is 8.78 Å². The number of hydrogen-bond acceptors (Lipinski definition) is 2. The zero-order chi connectivity index (χ0) is 15.8. The highest BCUT2D eigenvalue weighted by Gasteiger charge is 2.03. The van der Waals surface area contributed by atoms with Crippen molar-refractivity contribution in [2.24, 2.45) is 0 Å². The lowest BCUT2D eigenvalue weighted by Gasteiger charge is -2.02. The van der Waals surface area contributed by atoms with Gasteiger partial charge in [-0.2, -0.15) is 0 Å². The molecule has 0 saturated heterocycles. The molecular weight excluding hydrogens is 270 g/mol. The Morgan fingerprint density at radius 2 is 1.95 bits per heavy atom. The molecule has 0 aliphatic carbocycles. The third-order valence-electron chi connectivity index (χ3n) is 2.65. The zero-order valence-electron chi connectivity index (χ0n) is 11.7. The van der Waals surface area contributed by atoms with Crippen LogP contribution in [0.1, 0.15) is 18.1 Å². The summed E-state index contributed by atoms with van der Waals surface area (Å²) in [5.74, 6) is -0.826. The van der Waals surface area contributed by atoms with Crippen molar-refractivity contribution in [2.45, 2.75) is 6.92 Å². The Bertz CT molecular complexity index is 649. The Kier molecular flexibility index (Phi) is 6.14. The molecule has 4 heteroatoms. The lowest BCUT2D eigenvalue weighted by molar-refractivity contribution is 0.626. The smallest absolute Gasteiger partial charge is 0.131 e. The first-order valence-corrected chi connectivity index (χ1v) is 6.21. The van der Waals surface area contributed by atoms with Gasteiger partial charge in [0.15, 0.2) is 0 Å². The Labute approximate surface area is 122 Å². The summed E-state index contributed by atoms with van der Waals surface area (Å²) < 4.78 is 25.9. The molecule has 0 radical (unpaired) electrons. The van der Waals surface area contributed by atoms with E-state index in [9.17, 15) is 8.78 Å². The van der Waals surface area contributed by atoms with E-state index in [2.05, 4.69) is 6.58 Å². The van der Waals surface area contributed by atoms with Crippen molar-refractivity contribution in [1.82, 2.24) is 0 Å². The lowest BCUT2D eigenvalue weighted by Crippen LogP contribution is -1.98. The molecule has 1 aromatic rings. The fourth-order valence-corrected chi connectivity index (χ4v) is 1.50. The first kappa shape index (κ1) is 16.4. The molecule has 0 bridgehead atoms. The molecule has 1 aromatic carbocycles. The molecule has 0 spiro atoms. The van der Waals surface area contributed by atoms with Crippen molar-refractivity contribution in [3.05, 3.63) is 83.5 Å². The van der Waals surface area contributed by atoms with Crippen LogP contribution in [0.3, 0.4) is 0 Å². The van der Waals surface area contributed by atoms with Crippen LogP contribution in [0, 0.1) is 16.6 Å². The highest BCUT2D eigenvalue weighted by Crippen LogP contribution is 2.11. The summed E-state index contributed by atoms with van der Waals surface area (Å²) in [6, 6.07) is 4.12. The Morgan fingerprint density at radius 1 is 1.24 bits per heavy atom. The molecule has 0 atom stereocenters. The van der Waals surface area contributed by atoms with Crippen LogP contribution in [-0.4, -0.2) is 11.9 Å². The summed E-state index contributed by atoms with van der Waals surface area (Å²) in [6.07, 6.45) is 8.41. The molecule has 0 aliphatic heterocycles. The standard InChI is InChI=1S/C17H16F2N2/c1-3-13(5-4-12(2)18)6-9-17(21)14-7-8-16(19)15(10-14)11-20/h3-11,20-21H,1H2,2H3/b9-6+,12-4+,13-5+,20-11?,21-17?. The van der Waals surface area contributed by atoms with Crippen molar-refractivity contribution >= 4 is 11.9 Å². The van der Waals surface area contributed by atoms with E-state index in [-0.39, 0.29) is 17.1 Å². The van der Waals surface area contributed by atoms with Crippen molar-refractivity contribution in [2.75, 3.05) is 0 Å². The number of allylic oxidation sites excluding steroid dienone is 7. The number of halogens is 2. The number of benzene rings is 1. The summed E-state index contributed by atoms with van der Waals surface area (Å²) >= 11 is 0. The van der Waals surface area contributed by atoms with E-state index in [4.69, 9.17) is 10.8 Å². The minimum atomic E-state index is -0.499. The van der Waals surface area contributed by atoms with Gasteiger partial charge in [-0.25, -0.2) is 8.78 Å². The summed E-state index contributed by atoms with van der Waals surface area (Å²) in [5.41, 5.74) is 1.42. The topological polar surface area (TPSA) is 47.7 Å². The van der Waals surface area contributed by atoms with Crippen LogP contribution >= 0.6 is 0 Å². The maximum absolute atomic E-state index is 13.3. The van der Waals surface area contributed by atoms with Gasteiger partial charge in [-0.05, 0) is 42.8 Å². The second-order valence-corrected chi connectivity index (χ2v) is 4.25. The second kappa shape index (κ2) is 7.85. The van der Waals surface area contributed by atoms with E-state index in [1.807, 2.05) is 0 Å². The highest BCUT2D eigenvalue weighted by atomic mass is 19.1. The normalized spacial score (nSPS) is 12.5. The third-order valence-corrected chi connectivity index (χ3v) is 2.65.